The van der Waals surface area contributed by atoms with Crippen molar-refractivity contribution in [3.63, 3.8) is 0 Å². The van der Waals surface area contributed by atoms with Crippen LogP contribution >= 0.6 is 0 Å². The minimum Gasteiger partial charge on any atom is -0.368 e. The molecule has 198 valence electrons. The van der Waals surface area contributed by atoms with Gasteiger partial charge in [-0.15, -0.1) is 0 Å². The van der Waals surface area contributed by atoms with E-state index >= 15 is 0 Å². The monoisotopic (exact) mass is 523 g/mol. The summed E-state index contributed by atoms with van der Waals surface area (Å²) in [5.74, 6) is -0.647. The van der Waals surface area contributed by atoms with Gasteiger partial charge in [0.2, 0.25) is 5.91 Å². The lowest BCUT2D eigenvalue weighted by Gasteiger charge is -2.37. The zero-order valence-corrected chi connectivity index (χ0v) is 21.1. The summed E-state index contributed by atoms with van der Waals surface area (Å²) in [6, 6.07) is 17.7. The third kappa shape index (κ3) is 5.26. The van der Waals surface area contributed by atoms with E-state index in [1.54, 1.807) is 23.1 Å². The summed E-state index contributed by atoms with van der Waals surface area (Å²) in [5, 5.41) is 1.04. The molecule has 8 heteroatoms. The van der Waals surface area contributed by atoms with Gasteiger partial charge >= 0.3 is 6.18 Å². The molecule has 3 aromatic carbocycles. The highest BCUT2D eigenvalue weighted by Crippen LogP contribution is 2.36. The molecule has 0 radical (unpaired) electrons. The molecule has 1 amide bonds. The second-order valence-corrected chi connectivity index (χ2v) is 9.66. The number of anilines is 1. The fourth-order valence-corrected chi connectivity index (χ4v) is 5.32. The van der Waals surface area contributed by atoms with Gasteiger partial charge in [0.05, 0.1) is 5.56 Å². The summed E-state index contributed by atoms with van der Waals surface area (Å²) >= 11 is 0. The highest BCUT2D eigenvalue weighted by molar-refractivity contribution is 5.88. The van der Waals surface area contributed by atoms with E-state index in [0.29, 0.717) is 31.9 Å². The van der Waals surface area contributed by atoms with Crippen molar-refractivity contribution in [3.05, 3.63) is 101 Å². The molecule has 0 spiro atoms. The van der Waals surface area contributed by atoms with Gasteiger partial charge in [0.1, 0.15) is 5.82 Å². The minimum absolute atomic E-state index is 0.0380. The van der Waals surface area contributed by atoms with Crippen LogP contribution in [0, 0.1) is 5.82 Å². The van der Waals surface area contributed by atoms with E-state index in [4.69, 9.17) is 0 Å². The van der Waals surface area contributed by atoms with Crippen molar-refractivity contribution in [2.24, 2.45) is 0 Å². The molecule has 1 fully saturated rings. The van der Waals surface area contributed by atoms with Crippen LogP contribution in [0.3, 0.4) is 0 Å². The first kappa shape index (κ1) is 25.8. The Bertz CT molecular complexity index is 1420. The van der Waals surface area contributed by atoms with Crippen molar-refractivity contribution in [3.8, 4) is 0 Å². The van der Waals surface area contributed by atoms with E-state index in [1.807, 2.05) is 23.2 Å². The first-order chi connectivity index (χ1) is 18.2. The molecule has 0 saturated carbocycles. The number of nitrogens with one attached hydrogen (secondary N) is 1. The maximum Gasteiger partial charge on any atom is 0.416 e. The zero-order valence-electron chi connectivity index (χ0n) is 21.1. The van der Waals surface area contributed by atoms with E-state index in [2.05, 4.69) is 18.0 Å². The van der Waals surface area contributed by atoms with Crippen molar-refractivity contribution in [2.45, 2.75) is 31.9 Å². The highest BCUT2D eigenvalue weighted by Gasteiger charge is 2.32. The summed E-state index contributed by atoms with van der Waals surface area (Å²) in [4.78, 5) is 20.5. The van der Waals surface area contributed by atoms with Crippen LogP contribution in [0.15, 0.2) is 72.9 Å². The maximum absolute atomic E-state index is 13.7. The molecule has 4 aromatic rings. The third-order valence-corrected chi connectivity index (χ3v) is 7.41. The number of carbonyl (C=O) groups is 1. The molecule has 5 rings (SSSR count). The van der Waals surface area contributed by atoms with Gasteiger partial charge in [0.15, 0.2) is 0 Å². The summed E-state index contributed by atoms with van der Waals surface area (Å²) in [7, 11) is 0. The fraction of sp³-hybridized carbons (Fsp3) is 0.300. The number of halogens is 4. The number of hydrogen-bond donors (Lipinski definition) is 1. The van der Waals surface area contributed by atoms with E-state index in [1.165, 1.54) is 23.8 Å². The number of aromatic amines is 1. The van der Waals surface area contributed by atoms with Crippen LogP contribution in [0.1, 0.15) is 41.5 Å². The van der Waals surface area contributed by atoms with Crippen LogP contribution in [0.2, 0.25) is 0 Å². The van der Waals surface area contributed by atoms with Crippen molar-refractivity contribution >= 4 is 22.5 Å². The number of carbonyl (C=O) groups excluding carboxylic acids is 1. The molecule has 1 saturated heterocycles. The molecule has 2 heterocycles. The molecule has 4 nitrogen and oxygen atoms in total. The largest absolute Gasteiger partial charge is 0.416 e. The number of para-hydroxylation sites is 1. The van der Waals surface area contributed by atoms with Gasteiger partial charge in [-0.3, -0.25) is 4.79 Å². The topological polar surface area (TPSA) is 39.3 Å². The first-order valence-electron chi connectivity index (χ1n) is 12.8. The van der Waals surface area contributed by atoms with Crippen LogP contribution < -0.4 is 4.90 Å². The molecule has 1 unspecified atom stereocenters. The number of nitrogens with zero attached hydrogens (tertiary/aromatic N) is 2. The molecule has 1 N–H and O–H groups in total. The van der Waals surface area contributed by atoms with Crippen molar-refractivity contribution in [1.29, 1.82) is 0 Å². The Kier molecular flexibility index (Phi) is 7.15. The smallest absolute Gasteiger partial charge is 0.368 e. The number of piperazine rings is 1. The first-order valence-corrected chi connectivity index (χ1v) is 12.8. The molecule has 1 aliphatic heterocycles. The Morgan fingerprint density at radius 2 is 1.68 bits per heavy atom. The van der Waals surface area contributed by atoms with Gasteiger partial charge in [0.25, 0.3) is 0 Å². The van der Waals surface area contributed by atoms with E-state index < -0.39 is 11.7 Å². The average molecular weight is 524 g/mol. The predicted molar refractivity (Wildman–Crippen MR) is 141 cm³/mol. The van der Waals surface area contributed by atoms with Crippen LogP contribution in [0.4, 0.5) is 23.2 Å². The van der Waals surface area contributed by atoms with Crippen LogP contribution in [0.5, 0.6) is 0 Å². The third-order valence-electron chi connectivity index (χ3n) is 7.41. The van der Waals surface area contributed by atoms with Crippen LogP contribution in [-0.4, -0.2) is 42.0 Å². The Balaban J connectivity index is 1.35. The number of rotatable bonds is 6. The number of amides is 1. The van der Waals surface area contributed by atoms with E-state index in [0.717, 1.165) is 40.6 Å². The lowest BCUT2D eigenvalue weighted by molar-refractivity contribution is -0.137. The Labute approximate surface area is 218 Å². The number of alkyl halides is 3. The quantitative estimate of drug-likeness (QED) is 0.284. The predicted octanol–water partition coefficient (Wildman–Crippen LogP) is 6.76. The molecule has 1 aliphatic rings. The van der Waals surface area contributed by atoms with E-state index in [-0.39, 0.29) is 24.1 Å². The second-order valence-electron chi connectivity index (χ2n) is 9.66. The van der Waals surface area contributed by atoms with Crippen LogP contribution in [-0.2, 0) is 17.4 Å². The lowest BCUT2D eigenvalue weighted by Crippen LogP contribution is -2.49. The molecule has 1 aromatic heterocycles. The van der Waals surface area contributed by atoms with Gasteiger partial charge in [-0.05, 0) is 53.4 Å². The van der Waals surface area contributed by atoms with Crippen LogP contribution in [0.25, 0.3) is 10.9 Å². The summed E-state index contributed by atoms with van der Waals surface area (Å²) < 4.78 is 53.2. The fourth-order valence-electron chi connectivity index (χ4n) is 5.32. The number of benzene rings is 3. The molecule has 1 atom stereocenters. The SMILES string of the molecule is CCc1cccc2c(C(CC(=O)N3CCN(c4cccc(C(F)(F)F)c4)CC3)c3ccc(F)cc3)c[nH]c12. The van der Waals surface area contributed by atoms with Crippen molar-refractivity contribution in [2.75, 3.05) is 31.1 Å². The van der Waals surface area contributed by atoms with E-state index in [9.17, 15) is 22.4 Å². The molecular weight excluding hydrogens is 494 g/mol. The van der Waals surface area contributed by atoms with Gasteiger partial charge in [0, 0.05) is 61.3 Å². The molecular formula is C30H29F4N3O. The molecule has 38 heavy (non-hydrogen) atoms. The molecule has 0 aliphatic carbocycles. The summed E-state index contributed by atoms with van der Waals surface area (Å²) in [6.07, 6.45) is -1.38. The minimum atomic E-state index is -4.40. The van der Waals surface area contributed by atoms with Gasteiger partial charge in [-0.2, -0.15) is 13.2 Å². The second kappa shape index (κ2) is 10.5. The Hall–Kier alpha value is -3.81. The molecule has 0 bridgehead atoms. The van der Waals surface area contributed by atoms with Gasteiger partial charge in [-0.1, -0.05) is 43.3 Å². The maximum atomic E-state index is 13.7. The van der Waals surface area contributed by atoms with Crippen molar-refractivity contribution < 1.29 is 22.4 Å². The number of H-pyrrole nitrogens is 1. The number of aromatic nitrogens is 1. The number of hydrogen-bond acceptors (Lipinski definition) is 2. The van der Waals surface area contributed by atoms with Gasteiger partial charge in [-0.25, -0.2) is 4.39 Å². The number of fused-ring (bicyclic) bond motifs is 1. The zero-order chi connectivity index (χ0) is 26.9. The highest BCUT2D eigenvalue weighted by atomic mass is 19.4. The Morgan fingerprint density at radius 1 is 0.974 bits per heavy atom. The van der Waals surface area contributed by atoms with Gasteiger partial charge < -0.3 is 14.8 Å². The van der Waals surface area contributed by atoms with Crippen molar-refractivity contribution in [1.82, 2.24) is 9.88 Å². The average Bonchev–Trinajstić information content (AvgIpc) is 3.36. The number of aryl methyl sites for hydroxylation is 1. The lowest BCUT2D eigenvalue weighted by atomic mass is 9.87. The summed E-state index contributed by atoms with van der Waals surface area (Å²) in [5.41, 5.74) is 3.88. The Morgan fingerprint density at radius 3 is 2.37 bits per heavy atom. The standard InChI is InChI=1S/C30H29F4N3O/c1-2-20-5-3-8-25-27(19-35-29(20)25)26(21-9-11-23(31)12-10-21)18-28(38)37-15-13-36(14-16-37)24-7-4-6-22(17-24)30(32,33)34/h3-12,17,19,26,35H,2,13-16,18H2,1H3. The summed E-state index contributed by atoms with van der Waals surface area (Å²) in [6.45, 7) is 3.82. The normalized spacial score (nSPS) is 15.2.